The van der Waals surface area contributed by atoms with Crippen LogP contribution in [0.15, 0.2) is 53.6 Å². The second-order valence-electron chi connectivity index (χ2n) is 5.22. The first-order valence-electron chi connectivity index (χ1n) is 7.51. The van der Waals surface area contributed by atoms with E-state index in [1.165, 1.54) is 6.21 Å². The molecule has 2 rings (SSSR count). The molecule has 2 aromatic carbocycles. The van der Waals surface area contributed by atoms with Gasteiger partial charge in [0, 0.05) is 5.56 Å². The molecule has 0 heterocycles. The Morgan fingerprint density at radius 1 is 1.17 bits per heavy atom. The third-order valence-electron chi connectivity index (χ3n) is 2.87. The van der Waals surface area contributed by atoms with E-state index in [9.17, 15) is 4.79 Å². The zero-order valence-corrected chi connectivity index (χ0v) is 14.3. The summed E-state index contributed by atoms with van der Waals surface area (Å²) in [6.45, 7) is 3.72. The number of carbonyl (C=O) groups excluding carboxylic acids is 1. The van der Waals surface area contributed by atoms with Gasteiger partial charge in [0.25, 0.3) is 5.91 Å². The first-order valence-corrected chi connectivity index (χ1v) is 7.89. The zero-order chi connectivity index (χ0) is 17.4. The number of ether oxygens (including phenoxy) is 2. The molecular formula is C18H19ClN2O3. The van der Waals surface area contributed by atoms with Crippen molar-refractivity contribution < 1.29 is 14.3 Å². The number of hydrogen-bond donors (Lipinski definition) is 1. The Bertz CT molecular complexity index is 717. The predicted octanol–water partition coefficient (Wildman–Crippen LogP) is 3.66. The number of rotatable bonds is 7. The fraction of sp³-hybridized carbons (Fsp3) is 0.222. The fourth-order valence-electron chi connectivity index (χ4n) is 1.86. The molecule has 0 aromatic heterocycles. The van der Waals surface area contributed by atoms with Crippen molar-refractivity contribution >= 4 is 23.7 Å². The lowest BCUT2D eigenvalue weighted by atomic mass is 10.2. The average Bonchev–Trinajstić information content (AvgIpc) is 2.55. The van der Waals surface area contributed by atoms with Gasteiger partial charge in [-0.3, -0.25) is 4.79 Å². The summed E-state index contributed by atoms with van der Waals surface area (Å²) in [5.41, 5.74) is 3.18. The van der Waals surface area contributed by atoms with Gasteiger partial charge in [0.05, 0.1) is 17.3 Å². The molecule has 24 heavy (non-hydrogen) atoms. The largest absolute Gasteiger partial charge is 0.490 e. The summed E-state index contributed by atoms with van der Waals surface area (Å²) >= 11 is 5.95. The van der Waals surface area contributed by atoms with Crippen LogP contribution in [0.5, 0.6) is 11.5 Å². The Hall–Kier alpha value is -2.53. The van der Waals surface area contributed by atoms with Gasteiger partial charge in [-0.05, 0) is 38.1 Å². The molecule has 0 unspecified atom stereocenters. The van der Waals surface area contributed by atoms with Gasteiger partial charge in [0.1, 0.15) is 11.5 Å². The molecule has 0 spiro atoms. The molecule has 5 nitrogen and oxygen atoms in total. The number of para-hydroxylation sites is 2. The lowest BCUT2D eigenvalue weighted by Crippen LogP contribution is -2.24. The highest BCUT2D eigenvalue weighted by Crippen LogP contribution is 2.22. The monoisotopic (exact) mass is 346 g/mol. The molecule has 126 valence electrons. The lowest BCUT2D eigenvalue weighted by molar-refractivity contribution is -0.123. The van der Waals surface area contributed by atoms with Crippen LogP contribution in [0.25, 0.3) is 0 Å². The van der Waals surface area contributed by atoms with E-state index in [0.717, 1.165) is 5.56 Å². The molecule has 0 aliphatic heterocycles. The first-order chi connectivity index (χ1) is 11.6. The summed E-state index contributed by atoms with van der Waals surface area (Å²) in [4.78, 5) is 11.8. The van der Waals surface area contributed by atoms with Crippen LogP contribution in [0.3, 0.4) is 0 Å². The van der Waals surface area contributed by atoms with Gasteiger partial charge < -0.3 is 9.47 Å². The maximum Gasteiger partial charge on any atom is 0.277 e. The zero-order valence-electron chi connectivity index (χ0n) is 13.5. The van der Waals surface area contributed by atoms with Crippen LogP contribution in [-0.4, -0.2) is 24.8 Å². The first kappa shape index (κ1) is 17.8. The van der Waals surface area contributed by atoms with Crippen LogP contribution < -0.4 is 14.9 Å². The molecule has 0 aliphatic rings. The molecule has 0 radical (unpaired) electrons. The van der Waals surface area contributed by atoms with E-state index in [-0.39, 0.29) is 18.6 Å². The maximum absolute atomic E-state index is 11.8. The number of hydrazone groups is 1. The van der Waals surface area contributed by atoms with E-state index >= 15 is 0 Å². The molecule has 0 fully saturated rings. The van der Waals surface area contributed by atoms with Gasteiger partial charge in [-0.15, -0.1) is 0 Å². The van der Waals surface area contributed by atoms with E-state index in [1.54, 1.807) is 24.3 Å². The van der Waals surface area contributed by atoms with Crippen molar-refractivity contribution in [1.29, 1.82) is 0 Å². The Labute approximate surface area is 146 Å². The number of halogens is 1. The van der Waals surface area contributed by atoms with Crippen molar-refractivity contribution in [3.63, 3.8) is 0 Å². The molecule has 0 aliphatic carbocycles. The van der Waals surface area contributed by atoms with Crippen LogP contribution in [0, 0.1) is 0 Å². The topological polar surface area (TPSA) is 59.9 Å². The van der Waals surface area contributed by atoms with Crippen LogP contribution >= 0.6 is 11.6 Å². The highest BCUT2D eigenvalue weighted by atomic mass is 35.5. The number of carbonyl (C=O) groups is 1. The normalized spacial score (nSPS) is 10.8. The van der Waals surface area contributed by atoms with Gasteiger partial charge in [-0.25, -0.2) is 5.43 Å². The molecule has 6 heteroatoms. The molecule has 0 bridgehead atoms. The smallest absolute Gasteiger partial charge is 0.277 e. The fourth-order valence-corrected chi connectivity index (χ4v) is 2.05. The lowest BCUT2D eigenvalue weighted by Gasteiger charge is -2.11. The van der Waals surface area contributed by atoms with Crippen LogP contribution in [-0.2, 0) is 4.79 Å². The summed E-state index contributed by atoms with van der Waals surface area (Å²) in [5, 5.41) is 4.38. The van der Waals surface area contributed by atoms with Gasteiger partial charge >= 0.3 is 0 Å². The third kappa shape index (κ3) is 5.59. The second-order valence-corrected chi connectivity index (χ2v) is 5.62. The number of nitrogens with zero attached hydrogens (tertiary/aromatic N) is 1. The van der Waals surface area contributed by atoms with E-state index in [0.29, 0.717) is 16.5 Å². The van der Waals surface area contributed by atoms with Crippen LogP contribution in [0.4, 0.5) is 0 Å². The van der Waals surface area contributed by atoms with Crippen molar-refractivity contribution in [2.75, 3.05) is 6.61 Å². The van der Waals surface area contributed by atoms with Crippen molar-refractivity contribution in [1.82, 2.24) is 5.43 Å². The van der Waals surface area contributed by atoms with Crippen molar-refractivity contribution in [3.05, 3.63) is 59.1 Å². The van der Waals surface area contributed by atoms with Gasteiger partial charge in [-0.2, -0.15) is 5.10 Å². The number of hydrogen-bond acceptors (Lipinski definition) is 4. The van der Waals surface area contributed by atoms with E-state index < -0.39 is 0 Å². The van der Waals surface area contributed by atoms with E-state index in [1.807, 2.05) is 38.1 Å². The molecule has 0 saturated heterocycles. The Morgan fingerprint density at radius 2 is 1.83 bits per heavy atom. The number of nitrogens with one attached hydrogen (secondary N) is 1. The summed E-state index contributed by atoms with van der Waals surface area (Å²) in [6.07, 6.45) is 1.59. The minimum Gasteiger partial charge on any atom is -0.490 e. The SMILES string of the molecule is CC(C)Oc1ccccc1/C=N\NC(=O)COc1ccccc1Cl. The van der Waals surface area contributed by atoms with Crippen molar-refractivity contribution in [2.24, 2.45) is 5.10 Å². The van der Waals surface area contributed by atoms with Gasteiger partial charge in [0.15, 0.2) is 6.61 Å². The molecular weight excluding hydrogens is 328 g/mol. The molecule has 0 atom stereocenters. The van der Waals surface area contributed by atoms with Crippen LogP contribution in [0.2, 0.25) is 5.02 Å². The molecule has 1 N–H and O–H groups in total. The molecule has 1 amide bonds. The Balaban J connectivity index is 1.88. The standard InChI is InChI=1S/C18H19ClN2O3/c1-13(2)24-16-9-5-3-7-14(16)11-20-21-18(22)12-23-17-10-6-4-8-15(17)19/h3-11,13H,12H2,1-2H3,(H,21,22)/b20-11-. The average molecular weight is 347 g/mol. The van der Waals surface area contributed by atoms with Crippen LogP contribution in [0.1, 0.15) is 19.4 Å². The number of benzene rings is 2. The summed E-state index contributed by atoms with van der Waals surface area (Å²) in [6, 6.07) is 14.4. The third-order valence-corrected chi connectivity index (χ3v) is 3.18. The quantitative estimate of drug-likeness (QED) is 0.615. The Morgan fingerprint density at radius 3 is 2.54 bits per heavy atom. The minimum atomic E-state index is -0.381. The maximum atomic E-state index is 11.8. The summed E-state index contributed by atoms with van der Waals surface area (Å²) in [5.74, 6) is 0.778. The molecule has 0 saturated carbocycles. The van der Waals surface area contributed by atoms with E-state index in [4.69, 9.17) is 21.1 Å². The predicted molar refractivity (Wildman–Crippen MR) is 94.9 cm³/mol. The summed E-state index contributed by atoms with van der Waals surface area (Å²) in [7, 11) is 0. The van der Waals surface area contributed by atoms with Crippen molar-refractivity contribution in [3.8, 4) is 11.5 Å². The second kappa shape index (κ2) is 8.93. The summed E-state index contributed by atoms with van der Waals surface area (Å²) < 4.78 is 11.0. The van der Waals surface area contributed by atoms with E-state index in [2.05, 4.69) is 10.5 Å². The minimum absolute atomic E-state index is 0.0539. The van der Waals surface area contributed by atoms with Gasteiger partial charge in [0.2, 0.25) is 0 Å². The van der Waals surface area contributed by atoms with Crippen molar-refractivity contribution in [2.45, 2.75) is 20.0 Å². The molecule has 2 aromatic rings. The van der Waals surface area contributed by atoms with Gasteiger partial charge in [-0.1, -0.05) is 35.9 Å². The highest BCUT2D eigenvalue weighted by molar-refractivity contribution is 6.32. The Kier molecular flexibility index (Phi) is 6.63. The number of amides is 1. The highest BCUT2D eigenvalue weighted by Gasteiger charge is 2.05.